The lowest BCUT2D eigenvalue weighted by Gasteiger charge is -2.12. The van der Waals surface area contributed by atoms with Crippen LogP contribution >= 0.6 is 0 Å². The van der Waals surface area contributed by atoms with E-state index in [1.54, 1.807) is 0 Å². The summed E-state index contributed by atoms with van der Waals surface area (Å²) in [6, 6.07) is 0. The zero-order chi connectivity index (χ0) is 7.72. The average Bonchev–Trinajstić information content (AvgIpc) is 1.93. The van der Waals surface area contributed by atoms with Crippen LogP contribution in [0.4, 0.5) is 0 Å². The molecule has 1 aliphatic carbocycles. The van der Waals surface area contributed by atoms with E-state index in [4.69, 9.17) is 16.6 Å². The molecule has 0 heterocycles. The van der Waals surface area contributed by atoms with Crippen molar-refractivity contribution < 1.29 is 9.90 Å². The van der Waals surface area contributed by atoms with Gasteiger partial charge in [-0.2, -0.15) is 0 Å². The standard InChI is InChI=1S/C6H8N2O2/c7-3-1-2-4(9)6(10)5(3)8/h1-2,6,10H,7-8H2. The summed E-state index contributed by atoms with van der Waals surface area (Å²) in [4.78, 5) is 10.6. The molecular weight excluding hydrogens is 132 g/mol. The molecule has 0 aromatic heterocycles. The summed E-state index contributed by atoms with van der Waals surface area (Å²) >= 11 is 0. The van der Waals surface area contributed by atoms with Gasteiger partial charge in [-0.15, -0.1) is 0 Å². The van der Waals surface area contributed by atoms with Crippen LogP contribution in [0.3, 0.4) is 0 Å². The molecule has 10 heavy (non-hydrogen) atoms. The maximum Gasteiger partial charge on any atom is 0.190 e. The third-order valence-electron chi connectivity index (χ3n) is 1.32. The predicted molar refractivity (Wildman–Crippen MR) is 35.6 cm³/mol. The molecule has 54 valence electrons. The molecule has 0 saturated heterocycles. The molecule has 0 spiro atoms. The van der Waals surface area contributed by atoms with Gasteiger partial charge in [0, 0.05) is 0 Å². The van der Waals surface area contributed by atoms with E-state index < -0.39 is 11.9 Å². The number of rotatable bonds is 0. The van der Waals surface area contributed by atoms with Gasteiger partial charge in [-0.05, 0) is 12.2 Å². The highest BCUT2D eigenvalue weighted by Crippen LogP contribution is 2.07. The lowest BCUT2D eigenvalue weighted by Crippen LogP contribution is -2.31. The van der Waals surface area contributed by atoms with Gasteiger partial charge in [-0.1, -0.05) is 0 Å². The van der Waals surface area contributed by atoms with Gasteiger partial charge in [0.2, 0.25) is 0 Å². The van der Waals surface area contributed by atoms with Gasteiger partial charge < -0.3 is 16.6 Å². The topological polar surface area (TPSA) is 89.3 Å². The van der Waals surface area contributed by atoms with Crippen molar-refractivity contribution in [3.8, 4) is 0 Å². The van der Waals surface area contributed by atoms with Crippen molar-refractivity contribution in [1.82, 2.24) is 0 Å². The fourth-order valence-electron chi connectivity index (χ4n) is 0.670. The SMILES string of the molecule is NC1=C(N)C(O)C(=O)C=C1. The summed E-state index contributed by atoms with van der Waals surface area (Å²) in [5, 5.41) is 8.95. The first-order valence-electron chi connectivity index (χ1n) is 2.78. The van der Waals surface area contributed by atoms with Crippen molar-refractivity contribution in [3.05, 3.63) is 23.5 Å². The Morgan fingerprint density at radius 3 is 2.50 bits per heavy atom. The van der Waals surface area contributed by atoms with Crippen molar-refractivity contribution >= 4 is 5.78 Å². The first-order chi connectivity index (χ1) is 4.63. The number of allylic oxidation sites excluding steroid dienone is 1. The maximum absolute atomic E-state index is 10.6. The van der Waals surface area contributed by atoms with Gasteiger partial charge in [0.05, 0.1) is 11.4 Å². The Hall–Kier alpha value is -1.29. The van der Waals surface area contributed by atoms with E-state index in [1.807, 2.05) is 0 Å². The van der Waals surface area contributed by atoms with Gasteiger partial charge in [-0.25, -0.2) is 0 Å². The van der Waals surface area contributed by atoms with E-state index in [0.29, 0.717) is 0 Å². The molecule has 0 aromatic carbocycles. The summed E-state index contributed by atoms with van der Waals surface area (Å²) < 4.78 is 0. The fraction of sp³-hybridized carbons (Fsp3) is 0.167. The van der Waals surface area contributed by atoms with Gasteiger partial charge in [-0.3, -0.25) is 4.79 Å². The van der Waals surface area contributed by atoms with Gasteiger partial charge in [0.25, 0.3) is 0 Å². The number of nitrogens with two attached hydrogens (primary N) is 2. The second kappa shape index (κ2) is 2.15. The normalized spacial score (nSPS) is 25.7. The van der Waals surface area contributed by atoms with Crippen LogP contribution < -0.4 is 11.5 Å². The predicted octanol–water partition coefficient (Wildman–Crippen LogP) is -1.38. The first kappa shape index (κ1) is 6.82. The van der Waals surface area contributed by atoms with Crippen LogP contribution in [-0.4, -0.2) is 17.0 Å². The molecule has 1 unspecified atom stereocenters. The van der Waals surface area contributed by atoms with Crippen LogP contribution in [0.5, 0.6) is 0 Å². The quantitative estimate of drug-likeness (QED) is 0.386. The molecule has 1 atom stereocenters. The Labute approximate surface area is 57.8 Å². The largest absolute Gasteiger partial charge is 0.398 e. The molecule has 0 saturated carbocycles. The Morgan fingerprint density at radius 1 is 1.40 bits per heavy atom. The molecule has 4 nitrogen and oxygen atoms in total. The summed E-state index contributed by atoms with van der Waals surface area (Å²) in [5.74, 6) is -0.424. The number of aliphatic hydroxyl groups is 1. The van der Waals surface area contributed by atoms with Crippen molar-refractivity contribution in [2.24, 2.45) is 11.5 Å². The zero-order valence-electron chi connectivity index (χ0n) is 5.24. The molecule has 0 bridgehead atoms. The number of carbonyl (C=O) groups excluding carboxylic acids is 1. The van der Waals surface area contributed by atoms with Crippen molar-refractivity contribution in [2.45, 2.75) is 6.10 Å². The monoisotopic (exact) mass is 140 g/mol. The van der Waals surface area contributed by atoms with Crippen LogP contribution in [0.2, 0.25) is 0 Å². The van der Waals surface area contributed by atoms with Crippen LogP contribution in [-0.2, 0) is 4.79 Å². The molecule has 5 N–H and O–H groups in total. The Morgan fingerprint density at radius 2 is 2.00 bits per heavy atom. The molecule has 4 heteroatoms. The summed E-state index contributed by atoms with van der Waals surface area (Å²) in [6.07, 6.45) is 1.34. The number of aliphatic hydroxyl groups excluding tert-OH is 1. The van der Waals surface area contributed by atoms with Crippen LogP contribution in [0.15, 0.2) is 23.5 Å². The van der Waals surface area contributed by atoms with Crippen molar-refractivity contribution in [1.29, 1.82) is 0 Å². The van der Waals surface area contributed by atoms with Crippen molar-refractivity contribution in [3.63, 3.8) is 0 Å². The highest BCUT2D eigenvalue weighted by molar-refractivity contribution is 5.97. The van der Waals surface area contributed by atoms with Crippen LogP contribution in [0, 0.1) is 0 Å². The minimum atomic E-state index is -1.25. The van der Waals surface area contributed by atoms with E-state index in [-0.39, 0.29) is 11.4 Å². The third-order valence-corrected chi connectivity index (χ3v) is 1.32. The lowest BCUT2D eigenvalue weighted by atomic mass is 10.1. The zero-order valence-corrected chi connectivity index (χ0v) is 5.24. The number of hydrogen-bond acceptors (Lipinski definition) is 4. The second-order valence-electron chi connectivity index (χ2n) is 2.05. The number of carbonyl (C=O) groups is 1. The molecule has 0 amide bonds. The Kier molecular flexibility index (Phi) is 1.47. The Bertz CT molecular complexity index is 230. The van der Waals surface area contributed by atoms with E-state index in [9.17, 15) is 4.79 Å². The third kappa shape index (κ3) is 0.886. The molecule has 1 rings (SSSR count). The summed E-state index contributed by atoms with van der Waals surface area (Å²) in [6.45, 7) is 0. The van der Waals surface area contributed by atoms with E-state index in [2.05, 4.69) is 0 Å². The highest BCUT2D eigenvalue weighted by Gasteiger charge is 2.20. The van der Waals surface area contributed by atoms with Crippen LogP contribution in [0.1, 0.15) is 0 Å². The minimum Gasteiger partial charge on any atom is -0.398 e. The van der Waals surface area contributed by atoms with Crippen LogP contribution in [0.25, 0.3) is 0 Å². The molecule has 0 fully saturated rings. The number of ketones is 1. The molecule has 0 aromatic rings. The summed E-state index contributed by atoms with van der Waals surface area (Å²) in [5.41, 5.74) is 10.8. The maximum atomic E-state index is 10.6. The van der Waals surface area contributed by atoms with E-state index in [0.717, 1.165) is 0 Å². The Balaban J connectivity index is 2.99. The molecule has 0 aliphatic heterocycles. The molecular formula is C6H8N2O2. The summed E-state index contributed by atoms with van der Waals surface area (Å²) in [7, 11) is 0. The average molecular weight is 140 g/mol. The second-order valence-corrected chi connectivity index (χ2v) is 2.05. The fourth-order valence-corrected chi connectivity index (χ4v) is 0.670. The minimum absolute atomic E-state index is 0.0347. The van der Waals surface area contributed by atoms with Gasteiger partial charge in [0.1, 0.15) is 0 Å². The van der Waals surface area contributed by atoms with Gasteiger partial charge >= 0.3 is 0 Å². The molecule has 0 radical (unpaired) electrons. The highest BCUT2D eigenvalue weighted by atomic mass is 16.3. The van der Waals surface area contributed by atoms with E-state index in [1.165, 1.54) is 12.2 Å². The van der Waals surface area contributed by atoms with Gasteiger partial charge in [0.15, 0.2) is 11.9 Å². The number of hydrogen-bond donors (Lipinski definition) is 3. The van der Waals surface area contributed by atoms with Crippen molar-refractivity contribution in [2.75, 3.05) is 0 Å². The lowest BCUT2D eigenvalue weighted by molar-refractivity contribution is -0.120. The first-order valence-corrected chi connectivity index (χ1v) is 2.78. The smallest absolute Gasteiger partial charge is 0.190 e. The molecule has 1 aliphatic rings. The van der Waals surface area contributed by atoms with E-state index >= 15 is 0 Å².